The Morgan fingerprint density at radius 1 is 1.33 bits per heavy atom. The zero-order valence-electron chi connectivity index (χ0n) is 13.7. The zero-order valence-corrected chi connectivity index (χ0v) is 14.6. The van der Waals surface area contributed by atoms with Gasteiger partial charge in [-0.25, -0.2) is 8.42 Å². The number of benzene rings is 1. The Kier molecular flexibility index (Phi) is 5.19. The summed E-state index contributed by atoms with van der Waals surface area (Å²) in [7, 11) is -3.61. The molecule has 3 rings (SSSR count). The van der Waals surface area contributed by atoms with E-state index in [4.69, 9.17) is 4.74 Å². The van der Waals surface area contributed by atoms with Gasteiger partial charge in [-0.15, -0.1) is 0 Å². The molecule has 0 bridgehead atoms. The number of rotatable bonds is 4. The topological polar surface area (TPSA) is 87.7 Å². The third-order valence-corrected chi connectivity index (χ3v) is 6.47. The number of aryl methyl sites for hydroxylation is 1. The molecule has 0 radical (unpaired) electrons. The van der Waals surface area contributed by atoms with E-state index in [9.17, 15) is 13.2 Å². The Labute approximate surface area is 142 Å². The molecule has 8 heteroatoms. The molecule has 2 aliphatic heterocycles. The summed E-state index contributed by atoms with van der Waals surface area (Å²) in [4.78, 5) is 12.6. The first-order valence-corrected chi connectivity index (χ1v) is 9.62. The van der Waals surface area contributed by atoms with Crippen molar-refractivity contribution < 1.29 is 17.9 Å². The van der Waals surface area contributed by atoms with Crippen molar-refractivity contribution in [3.63, 3.8) is 0 Å². The maximum absolute atomic E-state index is 12.9. The Bertz CT molecular complexity index is 708. The molecule has 2 saturated heterocycles. The summed E-state index contributed by atoms with van der Waals surface area (Å²) >= 11 is 0. The number of carbonyl (C=O) groups excluding carboxylic acids is 1. The van der Waals surface area contributed by atoms with Crippen LogP contribution in [0.5, 0.6) is 0 Å². The maximum atomic E-state index is 12.9. The molecule has 1 atom stereocenters. The fraction of sp³-hybridized carbons (Fsp3) is 0.562. The Balaban J connectivity index is 1.84. The second-order valence-electron chi connectivity index (χ2n) is 6.16. The number of amides is 1. The van der Waals surface area contributed by atoms with Gasteiger partial charge < -0.3 is 15.4 Å². The quantitative estimate of drug-likeness (QED) is 0.802. The van der Waals surface area contributed by atoms with Crippen LogP contribution in [-0.4, -0.2) is 64.1 Å². The largest absolute Gasteiger partial charge is 0.379 e. The highest BCUT2D eigenvalue weighted by atomic mass is 32.2. The zero-order chi connectivity index (χ0) is 17.2. The van der Waals surface area contributed by atoms with Gasteiger partial charge in [0.1, 0.15) is 0 Å². The van der Waals surface area contributed by atoms with Crippen molar-refractivity contribution in [1.82, 2.24) is 14.9 Å². The SMILES string of the molecule is Cc1ccc(C(=O)NC2CCNC2)cc1S(=O)(=O)N1CCOCC1. The number of carbonyl (C=O) groups is 1. The van der Waals surface area contributed by atoms with Crippen LogP contribution in [0.1, 0.15) is 22.3 Å². The van der Waals surface area contributed by atoms with Gasteiger partial charge in [0, 0.05) is 31.2 Å². The first kappa shape index (κ1) is 17.3. The molecule has 0 saturated carbocycles. The van der Waals surface area contributed by atoms with Crippen molar-refractivity contribution in [2.24, 2.45) is 0 Å². The lowest BCUT2D eigenvalue weighted by Gasteiger charge is -2.26. The summed E-state index contributed by atoms with van der Waals surface area (Å²) in [5, 5.41) is 6.13. The van der Waals surface area contributed by atoms with Crippen molar-refractivity contribution in [2.75, 3.05) is 39.4 Å². The van der Waals surface area contributed by atoms with Gasteiger partial charge in [-0.3, -0.25) is 4.79 Å². The molecule has 0 spiro atoms. The summed E-state index contributed by atoms with van der Waals surface area (Å²) < 4.78 is 32.4. The highest BCUT2D eigenvalue weighted by molar-refractivity contribution is 7.89. The number of nitrogens with one attached hydrogen (secondary N) is 2. The number of hydrogen-bond donors (Lipinski definition) is 2. The maximum Gasteiger partial charge on any atom is 0.251 e. The minimum Gasteiger partial charge on any atom is -0.379 e. The van der Waals surface area contributed by atoms with Crippen LogP contribution in [0.15, 0.2) is 23.1 Å². The van der Waals surface area contributed by atoms with Crippen molar-refractivity contribution in [2.45, 2.75) is 24.3 Å². The molecule has 24 heavy (non-hydrogen) atoms. The molecule has 1 aromatic carbocycles. The van der Waals surface area contributed by atoms with Gasteiger partial charge in [0.25, 0.3) is 5.91 Å². The summed E-state index contributed by atoms with van der Waals surface area (Å²) in [5.74, 6) is -0.234. The van der Waals surface area contributed by atoms with Gasteiger partial charge in [-0.05, 0) is 37.6 Å². The van der Waals surface area contributed by atoms with E-state index in [2.05, 4.69) is 10.6 Å². The molecule has 7 nitrogen and oxygen atoms in total. The van der Waals surface area contributed by atoms with Crippen LogP contribution in [-0.2, 0) is 14.8 Å². The van der Waals surface area contributed by atoms with E-state index in [0.29, 0.717) is 37.4 Å². The lowest BCUT2D eigenvalue weighted by atomic mass is 10.1. The van der Waals surface area contributed by atoms with E-state index in [1.54, 1.807) is 19.1 Å². The average Bonchev–Trinajstić information content (AvgIpc) is 3.09. The minimum atomic E-state index is -3.61. The number of nitrogens with zero attached hydrogens (tertiary/aromatic N) is 1. The molecule has 2 aliphatic rings. The lowest BCUT2D eigenvalue weighted by Crippen LogP contribution is -2.41. The van der Waals surface area contributed by atoms with Gasteiger partial charge >= 0.3 is 0 Å². The van der Waals surface area contributed by atoms with Crippen molar-refractivity contribution in [3.8, 4) is 0 Å². The van der Waals surface area contributed by atoms with Gasteiger partial charge in [0.05, 0.1) is 18.1 Å². The Morgan fingerprint density at radius 3 is 2.75 bits per heavy atom. The Hall–Kier alpha value is -1.48. The molecule has 1 aromatic rings. The fourth-order valence-corrected chi connectivity index (χ4v) is 4.65. The normalized spacial score (nSPS) is 22.5. The standard InChI is InChI=1S/C16H23N3O4S/c1-12-2-3-13(16(20)18-14-4-5-17-11-14)10-15(12)24(21,22)19-6-8-23-9-7-19/h2-3,10,14,17H,4-9,11H2,1H3,(H,18,20). The van der Waals surface area contributed by atoms with Crippen LogP contribution in [0.2, 0.25) is 0 Å². The van der Waals surface area contributed by atoms with E-state index in [1.807, 2.05) is 0 Å². The summed E-state index contributed by atoms with van der Waals surface area (Å²) in [6.07, 6.45) is 0.885. The van der Waals surface area contributed by atoms with E-state index >= 15 is 0 Å². The number of hydrogen-bond acceptors (Lipinski definition) is 5. The number of sulfonamides is 1. The van der Waals surface area contributed by atoms with Crippen LogP contribution < -0.4 is 10.6 Å². The van der Waals surface area contributed by atoms with Gasteiger partial charge in [-0.1, -0.05) is 6.07 Å². The lowest BCUT2D eigenvalue weighted by molar-refractivity contribution is 0.0730. The minimum absolute atomic E-state index is 0.0955. The fourth-order valence-electron chi connectivity index (χ4n) is 2.99. The molecular formula is C16H23N3O4S. The molecule has 1 unspecified atom stereocenters. The van der Waals surface area contributed by atoms with E-state index < -0.39 is 10.0 Å². The van der Waals surface area contributed by atoms with Crippen molar-refractivity contribution in [1.29, 1.82) is 0 Å². The van der Waals surface area contributed by atoms with Crippen LogP contribution in [0, 0.1) is 6.92 Å². The molecule has 2 heterocycles. The van der Waals surface area contributed by atoms with Crippen LogP contribution >= 0.6 is 0 Å². The van der Waals surface area contributed by atoms with E-state index in [1.165, 1.54) is 10.4 Å². The van der Waals surface area contributed by atoms with Gasteiger partial charge in [-0.2, -0.15) is 4.31 Å². The first-order chi connectivity index (χ1) is 11.5. The highest BCUT2D eigenvalue weighted by Crippen LogP contribution is 2.22. The first-order valence-electron chi connectivity index (χ1n) is 8.18. The molecule has 0 aromatic heterocycles. The number of ether oxygens (including phenoxy) is 1. The van der Waals surface area contributed by atoms with E-state index in [0.717, 1.165) is 19.5 Å². The van der Waals surface area contributed by atoms with Gasteiger partial charge in [0.2, 0.25) is 10.0 Å². The van der Waals surface area contributed by atoms with Gasteiger partial charge in [0.15, 0.2) is 0 Å². The third-order valence-electron chi connectivity index (χ3n) is 4.43. The monoisotopic (exact) mass is 353 g/mol. The summed E-state index contributed by atoms with van der Waals surface area (Å²) in [6, 6.07) is 4.94. The molecule has 1 amide bonds. The molecule has 132 valence electrons. The molecule has 0 aliphatic carbocycles. The Morgan fingerprint density at radius 2 is 2.08 bits per heavy atom. The van der Waals surface area contributed by atoms with Crippen molar-refractivity contribution >= 4 is 15.9 Å². The second kappa shape index (κ2) is 7.18. The average molecular weight is 353 g/mol. The van der Waals surface area contributed by atoms with Crippen molar-refractivity contribution in [3.05, 3.63) is 29.3 Å². The molecule has 2 fully saturated rings. The second-order valence-corrected chi connectivity index (χ2v) is 8.07. The third kappa shape index (κ3) is 3.61. The molecule has 2 N–H and O–H groups in total. The predicted octanol–water partition coefficient (Wildman–Crippen LogP) is 0.108. The number of morpholine rings is 1. The van der Waals surface area contributed by atoms with Crippen LogP contribution in [0.4, 0.5) is 0 Å². The van der Waals surface area contributed by atoms with E-state index in [-0.39, 0.29) is 16.8 Å². The summed E-state index contributed by atoms with van der Waals surface area (Å²) in [5.41, 5.74) is 1.01. The molecular weight excluding hydrogens is 330 g/mol. The van der Waals surface area contributed by atoms with Crippen LogP contribution in [0.3, 0.4) is 0 Å². The summed E-state index contributed by atoms with van der Waals surface area (Å²) in [6.45, 7) is 4.85. The highest BCUT2D eigenvalue weighted by Gasteiger charge is 2.28. The predicted molar refractivity (Wildman–Crippen MR) is 89.5 cm³/mol. The van der Waals surface area contributed by atoms with Crippen LogP contribution in [0.25, 0.3) is 0 Å². The smallest absolute Gasteiger partial charge is 0.251 e.